The summed E-state index contributed by atoms with van der Waals surface area (Å²) < 4.78 is 20.3. The van der Waals surface area contributed by atoms with E-state index in [0.717, 1.165) is 28.0 Å². The van der Waals surface area contributed by atoms with Crippen molar-refractivity contribution in [2.75, 3.05) is 20.2 Å². The second kappa shape index (κ2) is 10.1. The molecule has 1 amide bonds. The number of tetrazole rings is 1. The number of hydrogen-bond acceptors (Lipinski definition) is 6. The van der Waals surface area contributed by atoms with Crippen LogP contribution in [-0.4, -0.2) is 57.3 Å². The first-order valence-corrected chi connectivity index (χ1v) is 11.1. The van der Waals surface area contributed by atoms with Gasteiger partial charge in [-0.15, -0.1) is 5.10 Å². The lowest BCUT2D eigenvalue weighted by atomic mass is 10.0. The maximum Gasteiger partial charge on any atom is 0.237 e. The highest BCUT2D eigenvalue weighted by Crippen LogP contribution is 2.31. The Hall–Kier alpha value is -3.33. The number of halogens is 1. The van der Waals surface area contributed by atoms with Crippen molar-refractivity contribution >= 4 is 5.91 Å². The molecule has 33 heavy (non-hydrogen) atoms. The Balaban J connectivity index is 1.46. The molecule has 2 heterocycles. The van der Waals surface area contributed by atoms with Gasteiger partial charge in [-0.05, 0) is 77.6 Å². The van der Waals surface area contributed by atoms with Gasteiger partial charge in [0.2, 0.25) is 5.91 Å². The molecule has 0 aliphatic carbocycles. The second-order valence-electron chi connectivity index (χ2n) is 8.47. The molecule has 1 saturated heterocycles. The minimum Gasteiger partial charge on any atom is -0.496 e. The predicted molar refractivity (Wildman–Crippen MR) is 121 cm³/mol. The molecular formula is C24H29FN6O2. The van der Waals surface area contributed by atoms with Crippen LogP contribution >= 0.6 is 0 Å². The van der Waals surface area contributed by atoms with Crippen LogP contribution in [0.25, 0.3) is 0 Å². The molecule has 1 fully saturated rings. The van der Waals surface area contributed by atoms with Crippen LogP contribution in [0.4, 0.5) is 4.39 Å². The maximum absolute atomic E-state index is 13.2. The van der Waals surface area contributed by atoms with E-state index in [1.165, 1.54) is 12.1 Å². The molecule has 0 saturated carbocycles. The lowest BCUT2D eigenvalue weighted by Crippen LogP contribution is -2.43. The summed E-state index contributed by atoms with van der Waals surface area (Å²) in [4.78, 5) is 15.4. The number of hydrogen-bond donors (Lipinski definition) is 1. The van der Waals surface area contributed by atoms with E-state index in [4.69, 9.17) is 4.74 Å². The fraction of sp³-hybridized carbons (Fsp3) is 0.417. The lowest BCUT2D eigenvalue weighted by molar-refractivity contribution is -0.125. The minimum absolute atomic E-state index is 0.0180. The standard InChI is InChI=1S/C24H29FN6O2/c1-16-17(2)23(33-3)9-6-19(16)13-30-14-21(31-15-27-28-29-31)12-22(30)24(32)26-11-10-18-4-7-20(25)8-5-18/h4-9,15,21-22H,10-14H2,1-3H3,(H,26,32)/t21-,22+/m1/s1. The highest BCUT2D eigenvalue weighted by molar-refractivity contribution is 5.82. The third-order valence-electron chi connectivity index (χ3n) is 6.49. The van der Waals surface area contributed by atoms with Crippen LogP contribution in [0.2, 0.25) is 0 Å². The van der Waals surface area contributed by atoms with Gasteiger partial charge in [0.1, 0.15) is 17.9 Å². The van der Waals surface area contributed by atoms with Crippen molar-refractivity contribution in [1.29, 1.82) is 0 Å². The Kier molecular flexibility index (Phi) is 6.98. The first-order valence-electron chi connectivity index (χ1n) is 11.1. The molecule has 0 radical (unpaired) electrons. The summed E-state index contributed by atoms with van der Waals surface area (Å²) in [7, 11) is 1.67. The highest BCUT2D eigenvalue weighted by atomic mass is 19.1. The number of ether oxygens (including phenoxy) is 1. The van der Waals surface area contributed by atoms with Gasteiger partial charge in [-0.2, -0.15) is 0 Å². The van der Waals surface area contributed by atoms with Gasteiger partial charge < -0.3 is 10.1 Å². The van der Waals surface area contributed by atoms with Crippen molar-refractivity contribution in [2.24, 2.45) is 0 Å². The zero-order chi connectivity index (χ0) is 23.4. The molecule has 9 heteroatoms. The molecule has 4 rings (SSSR count). The van der Waals surface area contributed by atoms with E-state index in [1.54, 1.807) is 30.3 Å². The average Bonchev–Trinajstić information content (AvgIpc) is 3.48. The van der Waals surface area contributed by atoms with Crippen LogP contribution in [0.1, 0.15) is 34.7 Å². The van der Waals surface area contributed by atoms with Crippen molar-refractivity contribution in [3.63, 3.8) is 0 Å². The maximum atomic E-state index is 13.2. The van der Waals surface area contributed by atoms with Gasteiger partial charge >= 0.3 is 0 Å². The van der Waals surface area contributed by atoms with E-state index in [0.29, 0.717) is 32.5 Å². The van der Waals surface area contributed by atoms with Gasteiger partial charge in [0.15, 0.2) is 0 Å². The number of amides is 1. The number of carbonyl (C=O) groups excluding carboxylic acids is 1. The minimum atomic E-state index is -0.297. The first kappa shape index (κ1) is 22.8. The number of likely N-dealkylation sites (tertiary alicyclic amines) is 1. The SMILES string of the molecule is COc1ccc(CN2C[C@H](n3cnnn3)C[C@H]2C(=O)NCCc2ccc(F)cc2)c(C)c1C. The molecule has 8 nitrogen and oxygen atoms in total. The normalized spacial score (nSPS) is 18.4. The van der Waals surface area contributed by atoms with Crippen molar-refractivity contribution in [3.05, 3.63) is 70.8 Å². The zero-order valence-corrected chi connectivity index (χ0v) is 19.2. The topological polar surface area (TPSA) is 85.2 Å². The number of nitrogens with zero attached hydrogens (tertiary/aromatic N) is 5. The Bertz CT molecular complexity index is 1090. The molecule has 1 aliphatic heterocycles. The van der Waals surface area contributed by atoms with Gasteiger partial charge in [0.05, 0.1) is 19.2 Å². The second-order valence-corrected chi connectivity index (χ2v) is 8.47. The summed E-state index contributed by atoms with van der Waals surface area (Å²) in [5.41, 5.74) is 4.41. The molecule has 0 spiro atoms. The number of rotatable bonds is 8. The Morgan fingerprint density at radius 2 is 1.97 bits per heavy atom. The molecule has 1 aliphatic rings. The Morgan fingerprint density at radius 3 is 2.67 bits per heavy atom. The first-order chi connectivity index (χ1) is 16.0. The molecule has 1 aromatic heterocycles. The Labute approximate surface area is 192 Å². The van der Waals surface area contributed by atoms with Crippen molar-refractivity contribution in [1.82, 2.24) is 30.4 Å². The summed E-state index contributed by atoms with van der Waals surface area (Å²) in [5, 5.41) is 14.6. The highest BCUT2D eigenvalue weighted by Gasteiger charge is 2.38. The van der Waals surface area contributed by atoms with E-state index in [2.05, 4.69) is 38.7 Å². The van der Waals surface area contributed by atoms with E-state index in [-0.39, 0.29) is 23.8 Å². The lowest BCUT2D eigenvalue weighted by Gasteiger charge is -2.25. The third kappa shape index (κ3) is 5.19. The quantitative estimate of drug-likeness (QED) is 0.566. The van der Waals surface area contributed by atoms with Gasteiger partial charge in [0, 0.05) is 19.6 Å². The van der Waals surface area contributed by atoms with Crippen molar-refractivity contribution in [3.8, 4) is 5.75 Å². The van der Waals surface area contributed by atoms with Crippen molar-refractivity contribution < 1.29 is 13.9 Å². The number of methoxy groups -OCH3 is 1. The summed E-state index contributed by atoms with van der Waals surface area (Å²) in [6, 6.07) is 10.1. The molecule has 0 unspecified atom stereocenters. The summed E-state index contributed by atoms with van der Waals surface area (Å²) in [6.07, 6.45) is 2.87. The van der Waals surface area contributed by atoms with E-state index in [1.807, 2.05) is 13.0 Å². The molecular weight excluding hydrogens is 423 g/mol. The van der Waals surface area contributed by atoms with E-state index in [9.17, 15) is 9.18 Å². The number of aromatic nitrogens is 4. The summed E-state index contributed by atoms with van der Waals surface area (Å²) >= 11 is 0. The molecule has 2 aromatic carbocycles. The van der Waals surface area contributed by atoms with Crippen LogP contribution in [0.15, 0.2) is 42.7 Å². The fourth-order valence-electron chi connectivity index (χ4n) is 4.42. The molecule has 1 N–H and O–H groups in total. The molecule has 0 bridgehead atoms. The number of carbonyl (C=O) groups is 1. The predicted octanol–water partition coefficient (Wildman–Crippen LogP) is 2.61. The van der Waals surface area contributed by atoms with Gasteiger partial charge in [-0.3, -0.25) is 9.69 Å². The largest absolute Gasteiger partial charge is 0.496 e. The van der Waals surface area contributed by atoms with E-state index >= 15 is 0 Å². The van der Waals surface area contributed by atoms with Gasteiger partial charge in [-0.25, -0.2) is 9.07 Å². The number of nitrogens with one attached hydrogen (secondary N) is 1. The zero-order valence-electron chi connectivity index (χ0n) is 19.2. The van der Waals surface area contributed by atoms with Crippen LogP contribution < -0.4 is 10.1 Å². The van der Waals surface area contributed by atoms with Crippen LogP contribution in [0.3, 0.4) is 0 Å². The number of benzene rings is 2. The fourth-order valence-corrected chi connectivity index (χ4v) is 4.42. The molecule has 3 aromatic rings. The smallest absolute Gasteiger partial charge is 0.237 e. The van der Waals surface area contributed by atoms with Crippen LogP contribution in [0, 0.1) is 19.7 Å². The molecule has 2 atom stereocenters. The Morgan fingerprint density at radius 1 is 1.18 bits per heavy atom. The summed E-state index contributed by atoms with van der Waals surface area (Å²) in [5.74, 6) is 0.581. The van der Waals surface area contributed by atoms with Crippen LogP contribution in [0.5, 0.6) is 5.75 Å². The average molecular weight is 453 g/mol. The molecule has 174 valence electrons. The monoisotopic (exact) mass is 452 g/mol. The van der Waals surface area contributed by atoms with Gasteiger partial charge in [0.25, 0.3) is 0 Å². The van der Waals surface area contributed by atoms with Crippen LogP contribution in [-0.2, 0) is 17.8 Å². The van der Waals surface area contributed by atoms with Gasteiger partial charge in [-0.1, -0.05) is 18.2 Å². The van der Waals surface area contributed by atoms with Crippen molar-refractivity contribution in [2.45, 2.75) is 45.3 Å². The third-order valence-corrected chi connectivity index (χ3v) is 6.49. The van der Waals surface area contributed by atoms with E-state index < -0.39 is 0 Å². The summed E-state index contributed by atoms with van der Waals surface area (Å²) in [6.45, 7) is 5.94.